The minimum absolute atomic E-state index is 0.0299. The van der Waals surface area contributed by atoms with Crippen molar-refractivity contribution < 1.29 is 14.4 Å². The number of fused-ring (bicyclic) bond motifs is 1. The van der Waals surface area contributed by atoms with Crippen LogP contribution in [0.25, 0.3) is 10.8 Å². The first kappa shape index (κ1) is 27.7. The van der Waals surface area contributed by atoms with Crippen LogP contribution in [-0.4, -0.2) is 90.7 Å². The van der Waals surface area contributed by atoms with Gasteiger partial charge in [-0.1, -0.05) is 23.9 Å². The van der Waals surface area contributed by atoms with E-state index in [2.05, 4.69) is 15.5 Å². The first-order valence-corrected chi connectivity index (χ1v) is 13.9. The number of anilines is 1. The highest BCUT2D eigenvalue weighted by atomic mass is 32.2. The predicted molar refractivity (Wildman–Crippen MR) is 152 cm³/mol. The standard InChI is InChI=1S/C27H37N7O3S/c1-3-34-25(36)22(38-27(34)23(29)26(37)32(2)17-28)16-31-21-9-8-18-14-20(7-6-19(18)15-21)24(35)30-10-13-33-11-4-5-12-33/h6-9,14-15,22,31H,3-5,10-13,16-17,28-29H2,1-2H3,(H,30,35)/b27-23+/t22-/m1/s1. The molecule has 0 aliphatic carbocycles. The molecule has 6 N–H and O–H groups in total. The van der Waals surface area contributed by atoms with Crippen LogP contribution < -0.4 is 22.1 Å². The molecule has 0 bridgehead atoms. The largest absolute Gasteiger partial charge is 0.392 e. The van der Waals surface area contributed by atoms with Gasteiger partial charge in [-0.05, 0) is 67.9 Å². The SMILES string of the molecule is CCN1C(=O)[C@@H](CNc2ccc3cc(C(=O)NCCN4CCCC4)ccc3c2)S/C1=C(/N)C(=O)N(C)CN. The fourth-order valence-corrected chi connectivity index (χ4v) is 5.91. The number of rotatable bonds is 10. The Bertz CT molecular complexity index is 1230. The summed E-state index contributed by atoms with van der Waals surface area (Å²) in [7, 11) is 1.57. The van der Waals surface area contributed by atoms with Crippen molar-refractivity contribution in [2.24, 2.45) is 11.5 Å². The average molecular weight is 540 g/mol. The van der Waals surface area contributed by atoms with Gasteiger partial charge in [0.2, 0.25) is 5.91 Å². The highest BCUT2D eigenvalue weighted by molar-refractivity contribution is 8.04. The number of hydrogen-bond acceptors (Lipinski definition) is 8. The Labute approximate surface area is 227 Å². The maximum Gasteiger partial charge on any atom is 0.273 e. The lowest BCUT2D eigenvalue weighted by atomic mass is 10.1. The number of hydrogen-bond donors (Lipinski definition) is 4. The number of carbonyl (C=O) groups excluding carboxylic acids is 3. The summed E-state index contributed by atoms with van der Waals surface area (Å²) in [5, 5.41) is 8.37. The maximum absolute atomic E-state index is 13.0. The smallest absolute Gasteiger partial charge is 0.273 e. The molecular formula is C27H37N7O3S. The number of benzene rings is 2. The molecule has 0 aromatic heterocycles. The minimum Gasteiger partial charge on any atom is -0.392 e. The molecule has 10 nitrogen and oxygen atoms in total. The van der Waals surface area contributed by atoms with Crippen molar-refractivity contribution in [2.75, 3.05) is 58.3 Å². The summed E-state index contributed by atoms with van der Waals surface area (Å²) >= 11 is 1.29. The number of amides is 3. The van der Waals surface area contributed by atoms with Gasteiger partial charge in [0.1, 0.15) is 16.0 Å². The normalized spacial score (nSPS) is 19.2. The highest BCUT2D eigenvalue weighted by Crippen LogP contribution is 2.36. The third-order valence-corrected chi connectivity index (χ3v) is 8.26. The summed E-state index contributed by atoms with van der Waals surface area (Å²) in [6, 6.07) is 11.6. The Hall–Kier alpha value is -3.28. The molecule has 0 saturated carbocycles. The molecule has 0 radical (unpaired) electrons. The molecule has 2 aromatic rings. The van der Waals surface area contributed by atoms with Crippen molar-refractivity contribution in [3.8, 4) is 0 Å². The lowest BCUT2D eigenvalue weighted by Crippen LogP contribution is -2.38. The number of nitrogens with two attached hydrogens (primary N) is 2. The van der Waals surface area contributed by atoms with Crippen LogP contribution in [0, 0.1) is 0 Å². The van der Waals surface area contributed by atoms with Crippen molar-refractivity contribution in [1.29, 1.82) is 0 Å². The monoisotopic (exact) mass is 539 g/mol. The third-order valence-electron chi connectivity index (χ3n) is 6.94. The molecule has 2 aliphatic heterocycles. The van der Waals surface area contributed by atoms with Gasteiger partial charge in [-0.2, -0.15) is 0 Å². The predicted octanol–water partition coefficient (Wildman–Crippen LogP) is 1.54. The Morgan fingerprint density at radius 1 is 1.13 bits per heavy atom. The van der Waals surface area contributed by atoms with Gasteiger partial charge in [0.25, 0.3) is 11.8 Å². The van der Waals surface area contributed by atoms with Crippen molar-refractivity contribution >= 4 is 45.9 Å². The van der Waals surface area contributed by atoms with Gasteiger partial charge in [0.15, 0.2) is 0 Å². The molecule has 2 fully saturated rings. The summed E-state index contributed by atoms with van der Waals surface area (Å²) in [5.74, 6) is -0.554. The molecule has 1 atom stereocenters. The van der Waals surface area contributed by atoms with Crippen LogP contribution >= 0.6 is 11.8 Å². The zero-order chi connectivity index (χ0) is 27.2. The Morgan fingerprint density at radius 3 is 2.55 bits per heavy atom. The van der Waals surface area contributed by atoms with E-state index >= 15 is 0 Å². The van der Waals surface area contributed by atoms with E-state index in [1.54, 1.807) is 11.9 Å². The van der Waals surface area contributed by atoms with E-state index in [0.717, 1.165) is 36.1 Å². The number of likely N-dealkylation sites (tertiary alicyclic amines) is 1. The van der Waals surface area contributed by atoms with E-state index < -0.39 is 11.2 Å². The van der Waals surface area contributed by atoms with E-state index in [-0.39, 0.29) is 24.2 Å². The summed E-state index contributed by atoms with van der Waals surface area (Å²) in [6.07, 6.45) is 2.48. The number of carbonyl (C=O) groups is 3. The van der Waals surface area contributed by atoms with E-state index in [9.17, 15) is 14.4 Å². The highest BCUT2D eigenvalue weighted by Gasteiger charge is 2.38. The van der Waals surface area contributed by atoms with Gasteiger partial charge in [-0.25, -0.2) is 0 Å². The van der Waals surface area contributed by atoms with Crippen LogP contribution in [0.1, 0.15) is 30.1 Å². The van der Waals surface area contributed by atoms with Crippen LogP contribution in [0.3, 0.4) is 0 Å². The van der Waals surface area contributed by atoms with Crippen LogP contribution in [-0.2, 0) is 9.59 Å². The first-order chi connectivity index (χ1) is 18.3. The van der Waals surface area contributed by atoms with E-state index in [0.29, 0.717) is 30.2 Å². The summed E-state index contributed by atoms with van der Waals surface area (Å²) < 4.78 is 0. The second kappa shape index (κ2) is 12.5. The minimum atomic E-state index is -0.415. The van der Waals surface area contributed by atoms with Gasteiger partial charge < -0.3 is 36.8 Å². The second-order valence-electron chi connectivity index (χ2n) is 9.56. The van der Waals surface area contributed by atoms with E-state index in [1.165, 1.54) is 29.5 Å². The van der Waals surface area contributed by atoms with Gasteiger partial charge >= 0.3 is 0 Å². The Balaban J connectivity index is 1.37. The molecule has 0 spiro atoms. The van der Waals surface area contributed by atoms with Crippen LogP contribution in [0.5, 0.6) is 0 Å². The van der Waals surface area contributed by atoms with Crippen LogP contribution in [0.15, 0.2) is 47.1 Å². The van der Waals surface area contributed by atoms with Crippen molar-refractivity contribution in [2.45, 2.75) is 25.0 Å². The first-order valence-electron chi connectivity index (χ1n) is 13.0. The van der Waals surface area contributed by atoms with Gasteiger partial charge in [-0.3, -0.25) is 14.4 Å². The van der Waals surface area contributed by atoms with Crippen molar-refractivity contribution in [1.82, 2.24) is 20.0 Å². The Morgan fingerprint density at radius 2 is 1.84 bits per heavy atom. The number of nitrogens with one attached hydrogen (secondary N) is 2. The molecule has 0 unspecified atom stereocenters. The molecule has 3 amide bonds. The lowest BCUT2D eigenvalue weighted by Gasteiger charge is -2.19. The summed E-state index contributed by atoms with van der Waals surface area (Å²) in [6.45, 7) is 6.45. The molecule has 38 heavy (non-hydrogen) atoms. The van der Waals surface area contributed by atoms with Crippen molar-refractivity contribution in [3.05, 3.63) is 52.7 Å². The fourth-order valence-electron chi connectivity index (χ4n) is 4.68. The fraction of sp³-hybridized carbons (Fsp3) is 0.444. The van der Waals surface area contributed by atoms with Gasteiger partial charge in [-0.15, -0.1) is 0 Å². The zero-order valence-electron chi connectivity index (χ0n) is 22.0. The molecule has 2 heterocycles. The molecule has 11 heteroatoms. The average Bonchev–Trinajstić information content (AvgIpc) is 3.57. The maximum atomic E-state index is 13.0. The van der Waals surface area contributed by atoms with Gasteiger partial charge in [0.05, 0.1) is 6.67 Å². The number of thioether (sulfide) groups is 1. The molecule has 204 valence electrons. The molecule has 2 aromatic carbocycles. The molecule has 2 saturated heterocycles. The van der Waals surface area contributed by atoms with Crippen LogP contribution in [0.2, 0.25) is 0 Å². The van der Waals surface area contributed by atoms with Gasteiger partial charge in [0, 0.05) is 44.5 Å². The van der Waals surface area contributed by atoms with E-state index in [1.807, 2.05) is 43.3 Å². The molecule has 2 aliphatic rings. The molecule has 4 rings (SSSR count). The number of nitrogens with zero attached hydrogens (tertiary/aromatic N) is 3. The summed E-state index contributed by atoms with van der Waals surface area (Å²) in [5.41, 5.74) is 13.2. The van der Waals surface area contributed by atoms with E-state index in [4.69, 9.17) is 11.5 Å². The summed E-state index contributed by atoms with van der Waals surface area (Å²) in [4.78, 5) is 43.3. The third kappa shape index (κ3) is 6.23. The zero-order valence-corrected chi connectivity index (χ0v) is 22.9. The Kier molecular flexibility index (Phi) is 9.13. The topological polar surface area (TPSA) is 137 Å². The molecular weight excluding hydrogens is 502 g/mol. The number of likely N-dealkylation sites (N-methyl/N-ethyl adjacent to an activating group) is 1. The second-order valence-corrected chi connectivity index (χ2v) is 10.7. The van der Waals surface area contributed by atoms with Crippen molar-refractivity contribution in [3.63, 3.8) is 0 Å². The quantitative estimate of drug-likeness (QED) is 0.264. The lowest BCUT2D eigenvalue weighted by molar-refractivity contribution is -0.127. The van der Waals surface area contributed by atoms with Crippen LogP contribution in [0.4, 0.5) is 5.69 Å².